The molecule has 1 aromatic rings. The van der Waals surface area contributed by atoms with Gasteiger partial charge in [0.05, 0.1) is 6.10 Å². The molecular weight excluding hydrogens is 366 g/mol. The molecule has 0 spiro atoms. The number of halogens is 2. The Kier molecular flexibility index (Phi) is 7.41. The van der Waals surface area contributed by atoms with Gasteiger partial charge >= 0.3 is 6.61 Å². The van der Waals surface area contributed by atoms with Crippen LogP contribution in [0.5, 0.6) is 5.75 Å². The summed E-state index contributed by atoms with van der Waals surface area (Å²) in [6, 6.07) is 7.00. The highest BCUT2D eigenvalue weighted by molar-refractivity contribution is 6.74. The number of nitrogens with zero attached hydrogens (tertiary/aromatic N) is 1. The molecule has 1 fully saturated rings. The number of likely N-dealkylation sites (N-methyl/N-ethyl adjacent to an activating group) is 1. The quantitative estimate of drug-likeness (QED) is 0.645. The summed E-state index contributed by atoms with van der Waals surface area (Å²) in [6.45, 7) is 11.3. The first-order valence-electron chi connectivity index (χ1n) is 9.64. The average molecular weight is 401 g/mol. The van der Waals surface area contributed by atoms with Gasteiger partial charge in [0.15, 0.2) is 8.32 Å². The summed E-state index contributed by atoms with van der Waals surface area (Å²) in [5.74, 6) is 0.198. The monoisotopic (exact) mass is 400 g/mol. The molecule has 2 rings (SSSR count). The third-order valence-electron chi connectivity index (χ3n) is 5.77. The van der Waals surface area contributed by atoms with Crippen molar-refractivity contribution in [3.63, 3.8) is 0 Å². The number of likely N-dealkylation sites (tertiary alicyclic amines) is 1. The van der Waals surface area contributed by atoms with Crippen LogP contribution < -0.4 is 10.1 Å². The van der Waals surface area contributed by atoms with Crippen molar-refractivity contribution in [3.8, 4) is 5.75 Å². The number of benzene rings is 1. The number of rotatable bonds is 8. The zero-order valence-electron chi connectivity index (χ0n) is 17.4. The van der Waals surface area contributed by atoms with Crippen molar-refractivity contribution in [1.82, 2.24) is 10.2 Å². The number of nitrogens with one attached hydrogen (secondary N) is 1. The van der Waals surface area contributed by atoms with Crippen LogP contribution in [0.2, 0.25) is 18.1 Å². The smallest absolute Gasteiger partial charge is 0.387 e. The van der Waals surface area contributed by atoms with E-state index in [1.165, 1.54) is 0 Å². The van der Waals surface area contributed by atoms with Gasteiger partial charge in [0, 0.05) is 25.7 Å². The topological polar surface area (TPSA) is 33.7 Å². The molecule has 0 aromatic heterocycles. The summed E-state index contributed by atoms with van der Waals surface area (Å²) in [5, 5.41) is 3.50. The van der Waals surface area contributed by atoms with Crippen LogP contribution in [-0.2, 0) is 4.43 Å². The lowest BCUT2D eigenvalue weighted by Crippen LogP contribution is -2.44. The van der Waals surface area contributed by atoms with E-state index >= 15 is 0 Å². The van der Waals surface area contributed by atoms with E-state index in [-0.39, 0.29) is 22.9 Å². The van der Waals surface area contributed by atoms with Crippen LogP contribution >= 0.6 is 0 Å². The van der Waals surface area contributed by atoms with Crippen LogP contribution in [0.4, 0.5) is 8.78 Å². The molecule has 2 atom stereocenters. The molecule has 4 nitrogen and oxygen atoms in total. The maximum atomic E-state index is 12.5. The standard InChI is InChI=1S/C20H34F2N2O2Si/c1-20(2,3)27(5,6)26-17-10-11-24(13-17)14-18(23-4)15-8-7-9-16(12-15)25-19(21)22/h7-9,12,17-19,23H,10-11,13-14H2,1-6H3/t17-,18+/m0/s1. The Balaban J connectivity index is 1.96. The van der Waals surface area contributed by atoms with Crippen molar-refractivity contribution in [2.24, 2.45) is 0 Å². The maximum absolute atomic E-state index is 12.5. The third-order valence-corrected chi connectivity index (χ3v) is 10.3. The van der Waals surface area contributed by atoms with E-state index in [4.69, 9.17) is 4.43 Å². The van der Waals surface area contributed by atoms with E-state index in [1.54, 1.807) is 18.2 Å². The Hall–Kier alpha value is -1.02. The Bertz CT molecular complexity index is 608. The van der Waals surface area contributed by atoms with Crippen LogP contribution in [0, 0.1) is 0 Å². The molecule has 1 N–H and O–H groups in total. The van der Waals surface area contributed by atoms with Gasteiger partial charge in [0.25, 0.3) is 0 Å². The van der Waals surface area contributed by atoms with E-state index in [2.05, 4.69) is 48.8 Å². The van der Waals surface area contributed by atoms with Crippen molar-refractivity contribution in [2.75, 3.05) is 26.7 Å². The lowest BCUT2D eigenvalue weighted by atomic mass is 10.1. The van der Waals surface area contributed by atoms with Crippen LogP contribution in [-0.4, -0.2) is 52.6 Å². The zero-order chi connectivity index (χ0) is 20.2. The second kappa shape index (κ2) is 8.98. The first-order valence-corrected chi connectivity index (χ1v) is 12.5. The Morgan fingerprint density at radius 3 is 2.59 bits per heavy atom. The SMILES string of the molecule is CN[C@H](CN1CC[C@H](O[Si](C)(C)C(C)(C)C)C1)c1cccc(OC(F)F)c1. The van der Waals surface area contributed by atoms with Gasteiger partial charge in [-0.3, -0.25) is 4.90 Å². The summed E-state index contributed by atoms with van der Waals surface area (Å²) in [6.07, 6.45) is 1.31. The molecule has 27 heavy (non-hydrogen) atoms. The highest BCUT2D eigenvalue weighted by Crippen LogP contribution is 2.38. The largest absolute Gasteiger partial charge is 0.435 e. The molecular formula is C20H34F2N2O2Si. The van der Waals surface area contributed by atoms with E-state index in [1.807, 2.05) is 13.1 Å². The highest BCUT2D eigenvalue weighted by Gasteiger charge is 2.40. The van der Waals surface area contributed by atoms with Gasteiger partial charge in [-0.15, -0.1) is 0 Å². The van der Waals surface area contributed by atoms with Crippen molar-refractivity contribution in [1.29, 1.82) is 0 Å². The van der Waals surface area contributed by atoms with Crippen LogP contribution in [0.15, 0.2) is 24.3 Å². The number of hydrogen-bond donors (Lipinski definition) is 1. The first-order chi connectivity index (χ1) is 12.5. The van der Waals surface area contributed by atoms with Crippen molar-refractivity contribution in [2.45, 2.75) is 64.1 Å². The van der Waals surface area contributed by atoms with Crippen LogP contribution in [0.3, 0.4) is 0 Å². The molecule has 154 valence electrons. The first kappa shape index (κ1) is 22.3. The molecule has 1 aliphatic heterocycles. The number of ether oxygens (including phenoxy) is 1. The molecule has 7 heteroatoms. The van der Waals surface area contributed by atoms with Gasteiger partial charge in [-0.2, -0.15) is 8.78 Å². The summed E-state index contributed by atoms with van der Waals surface area (Å²) in [5.41, 5.74) is 0.949. The van der Waals surface area contributed by atoms with Gasteiger partial charge < -0.3 is 14.5 Å². The molecule has 1 heterocycles. The zero-order valence-corrected chi connectivity index (χ0v) is 18.4. The Morgan fingerprint density at radius 1 is 1.30 bits per heavy atom. The van der Waals surface area contributed by atoms with Crippen molar-refractivity contribution < 1.29 is 17.9 Å². The minimum Gasteiger partial charge on any atom is -0.435 e. The van der Waals surface area contributed by atoms with E-state index in [0.717, 1.165) is 31.6 Å². The molecule has 1 aliphatic rings. The minimum absolute atomic E-state index is 0.0536. The predicted octanol–water partition coefficient (Wildman–Crippen LogP) is 4.64. The number of hydrogen-bond acceptors (Lipinski definition) is 4. The summed E-state index contributed by atoms with van der Waals surface area (Å²) < 4.78 is 36.0. The lowest BCUT2D eigenvalue weighted by Gasteiger charge is -2.38. The maximum Gasteiger partial charge on any atom is 0.387 e. The summed E-state index contributed by atoms with van der Waals surface area (Å²) in [7, 11) is 0.129. The van der Waals surface area contributed by atoms with Gasteiger partial charge in [0.2, 0.25) is 0 Å². The van der Waals surface area contributed by atoms with E-state index < -0.39 is 14.9 Å². The molecule has 1 aromatic carbocycles. The molecule has 0 radical (unpaired) electrons. The second-order valence-corrected chi connectivity index (χ2v) is 13.6. The lowest BCUT2D eigenvalue weighted by molar-refractivity contribution is -0.0499. The fourth-order valence-corrected chi connectivity index (χ4v) is 4.56. The van der Waals surface area contributed by atoms with E-state index in [0.29, 0.717) is 0 Å². The molecule has 1 saturated heterocycles. The van der Waals surface area contributed by atoms with Crippen LogP contribution in [0.1, 0.15) is 38.8 Å². The highest BCUT2D eigenvalue weighted by atomic mass is 28.4. The number of alkyl halides is 2. The minimum atomic E-state index is -2.81. The third kappa shape index (κ3) is 6.24. The van der Waals surface area contributed by atoms with Gasteiger partial charge in [0.1, 0.15) is 5.75 Å². The molecule has 0 saturated carbocycles. The van der Waals surface area contributed by atoms with Gasteiger partial charge in [-0.25, -0.2) is 0 Å². The summed E-state index contributed by atoms with van der Waals surface area (Å²) >= 11 is 0. The van der Waals surface area contributed by atoms with Crippen molar-refractivity contribution >= 4 is 8.32 Å². The second-order valence-electron chi connectivity index (χ2n) is 8.84. The van der Waals surface area contributed by atoms with Gasteiger partial charge in [-0.1, -0.05) is 32.9 Å². The fraction of sp³-hybridized carbons (Fsp3) is 0.700. The Labute approximate surface area is 163 Å². The fourth-order valence-electron chi connectivity index (χ4n) is 3.18. The normalized spacial score (nSPS) is 20.3. The molecule has 0 unspecified atom stereocenters. The predicted molar refractivity (Wildman–Crippen MR) is 108 cm³/mol. The van der Waals surface area contributed by atoms with Crippen molar-refractivity contribution in [3.05, 3.63) is 29.8 Å². The van der Waals surface area contributed by atoms with Crippen LogP contribution in [0.25, 0.3) is 0 Å². The molecule has 0 aliphatic carbocycles. The average Bonchev–Trinajstić information content (AvgIpc) is 2.97. The molecule has 0 amide bonds. The Morgan fingerprint density at radius 2 is 2.00 bits per heavy atom. The van der Waals surface area contributed by atoms with E-state index in [9.17, 15) is 8.78 Å². The van der Waals surface area contributed by atoms with Gasteiger partial charge in [-0.05, 0) is 49.3 Å². The summed E-state index contributed by atoms with van der Waals surface area (Å²) in [4.78, 5) is 2.39. The molecule has 0 bridgehead atoms.